The van der Waals surface area contributed by atoms with E-state index in [-0.39, 0.29) is 17.8 Å². The van der Waals surface area contributed by atoms with Crippen LogP contribution in [-0.4, -0.2) is 57.0 Å². The predicted octanol–water partition coefficient (Wildman–Crippen LogP) is 4.53. The third-order valence-electron chi connectivity index (χ3n) is 6.11. The van der Waals surface area contributed by atoms with Crippen LogP contribution in [0.25, 0.3) is 11.4 Å². The molecule has 35 heavy (non-hydrogen) atoms. The Bertz CT molecular complexity index is 1300. The molecule has 0 aliphatic carbocycles. The number of nitrogens with zero attached hydrogens (tertiary/aromatic N) is 5. The summed E-state index contributed by atoms with van der Waals surface area (Å²) in [5.41, 5.74) is 1.89. The quantitative estimate of drug-likeness (QED) is 0.441. The van der Waals surface area contributed by atoms with Gasteiger partial charge in [-0.05, 0) is 37.3 Å². The van der Waals surface area contributed by atoms with Gasteiger partial charge in [0, 0.05) is 43.6 Å². The number of piperazine rings is 1. The number of amides is 1. The molecule has 1 amide bonds. The Hall–Kier alpha value is -4.11. The van der Waals surface area contributed by atoms with E-state index >= 15 is 0 Å². The van der Waals surface area contributed by atoms with Gasteiger partial charge in [0.05, 0.1) is 11.6 Å². The van der Waals surface area contributed by atoms with Gasteiger partial charge in [-0.25, -0.2) is 9.37 Å². The molecule has 9 heteroatoms. The first kappa shape index (κ1) is 22.7. The summed E-state index contributed by atoms with van der Waals surface area (Å²) in [5.74, 6) is 1.04. The van der Waals surface area contributed by atoms with Crippen molar-refractivity contribution >= 4 is 17.4 Å². The van der Waals surface area contributed by atoms with Crippen LogP contribution in [0.5, 0.6) is 0 Å². The van der Waals surface area contributed by atoms with Gasteiger partial charge >= 0.3 is 0 Å². The van der Waals surface area contributed by atoms with E-state index in [1.165, 1.54) is 12.1 Å². The van der Waals surface area contributed by atoms with Crippen molar-refractivity contribution in [1.82, 2.24) is 24.9 Å². The molecule has 0 bridgehead atoms. The van der Waals surface area contributed by atoms with Crippen molar-refractivity contribution in [3.8, 4) is 11.4 Å². The lowest BCUT2D eigenvalue weighted by Gasteiger charge is -2.37. The number of carbonyl (C=O) groups excluding carboxylic acids is 1. The number of pyridine rings is 1. The average molecular weight is 473 g/mol. The summed E-state index contributed by atoms with van der Waals surface area (Å²) in [6, 6.07) is 19.2. The summed E-state index contributed by atoms with van der Waals surface area (Å²) in [4.78, 5) is 26.2. The van der Waals surface area contributed by atoms with E-state index in [0.29, 0.717) is 55.0 Å². The summed E-state index contributed by atoms with van der Waals surface area (Å²) < 4.78 is 19.1. The fourth-order valence-electron chi connectivity index (χ4n) is 4.13. The van der Waals surface area contributed by atoms with Gasteiger partial charge in [0.2, 0.25) is 11.7 Å². The Labute approximate surface area is 202 Å². The van der Waals surface area contributed by atoms with Gasteiger partial charge < -0.3 is 14.7 Å². The topological polar surface area (TPSA) is 87.4 Å². The lowest BCUT2D eigenvalue weighted by molar-refractivity contribution is 0.0552. The van der Waals surface area contributed by atoms with Gasteiger partial charge in [0.25, 0.3) is 5.91 Å². The van der Waals surface area contributed by atoms with Gasteiger partial charge in [-0.15, -0.1) is 0 Å². The van der Waals surface area contributed by atoms with E-state index in [0.717, 1.165) is 5.56 Å². The third kappa shape index (κ3) is 5.04. The monoisotopic (exact) mass is 472 g/mol. The maximum atomic E-state index is 13.6. The molecular formula is C26H25FN6O2. The fraction of sp³-hybridized carbons (Fsp3) is 0.231. The second-order valence-electron chi connectivity index (χ2n) is 8.36. The summed E-state index contributed by atoms with van der Waals surface area (Å²) in [6.45, 7) is 4.47. The maximum Gasteiger partial charge on any atom is 0.257 e. The fourth-order valence-corrected chi connectivity index (χ4v) is 4.13. The highest BCUT2D eigenvalue weighted by Gasteiger charge is 2.29. The minimum Gasteiger partial charge on any atom is -0.339 e. The SMILES string of the molecule is CC(c1nc(-c2ccccc2)no1)N1CCN(C(=O)c2cccnc2Nc2cccc(F)c2)CC1. The van der Waals surface area contributed by atoms with Crippen molar-refractivity contribution in [1.29, 1.82) is 0 Å². The molecule has 1 atom stereocenters. The van der Waals surface area contributed by atoms with Crippen LogP contribution in [0.3, 0.4) is 0 Å². The molecule has 0 saturated carbocycles. The van der Waals surface area contributed by atoms with E-state index in [1.54, 1.807) is 35.4 Å². The van der Waals surface area contributed by atoms with Crippen LogP contribution < -0.4 is 5.32 Å². The number of benzene rings is 2. The lowest BCUT2D eigenvalue weighted by Crippen LogP contribution is -2.49. The first-order valence-corrected chi connectivity index (χ1v) is 11.5. The van der Waals surface area contributed by atoms with Crippen LogP contribution in [0, 0.1) is 5.82 Å². The Balaban J connectivity index is 1.23. The number of anilines is 2. The minimum atomic E-state index is -0.360. The number of hydrogen-bond donors (Lipinski definition) is 1. The standard InChI is InChI=1S/C26H25FN6O2/c1-18(25-30-23(31-35-25)19-7-3-2-4-8-19)32-13-15-33(16-14-32)26(34)22-11-6-12-28-24(22)29-21-10-5-9-20(27)17-21/h2-12,17-18H,13-16H2,1H3,(H,28,29). The third-order valence-corrected chi connectivity index (χ3v) is 6.11. The maximum absolute atomic E-state index is 13.6. The second-order valence-corrected chi connectivity index (χ2v) is 8.36. The Morgan fingerprint density at radius 3 is 2.60 bits per heavy atom. The smallest absolute Gasteiger partial charge is 0.257 e. The van der Waals surface area contributed by atoms with Gasteiger partial charge in [-0.1, -0.05) is 41.6 Å². The van der Waals surface area contributed by atoms with Crippen LogP contribution in [0.15, 0.2) is 77.4 Å². The van der Waals surface area contributed by atoms with Crippen LogP contribution in [0.4, 0.5) is 15.9 Å². The van der Waals surface area contributed by atoms with Crippen molar-refractivity contribution in [3.05, 3.63) is 90.2 Å². The van der Waals surface area contributed by atoms with Crippen LogP contribution >= 0.6 is 0 Å². The Morgan fingerprint density at radius 1 is 1.03 bits per heavy atom. The van der Waals surface area contributed by atoms with Gasteiger partial charge in [-0.2, -0.15) is 4.98 Å². The first-order chi connectivity index (χ1) is 17.1. The van der Waals surface area contributed by atoms with Crippen LogP contribution in [0.2, 0.25) is 0 Å². The summed E-state index contributed by atoms with van der Waals surface area (Å²) in [7, 11) is 0. The highest BCUT2D eigenvalue weighted by Crippen LogP contribution is 2.25. The molecular weight excluding hydrogens is 447 g/mol. The Kier molecular flexibility index (Phi) is 6.49. The molecule has 178 valence electrons. The minimum absolute atomic E-state index is 0.0687. The van der Waals surface area contributed by atoms with E-state index in [9.17, 15) is 9.18 Å². The molecule has 1 aliphatic heterocycles. The summed E-state index contributed by atoms with van der Waals surface area (Å²) in [6.07, 6.45) is 1.60. The van der Waals surface area contributed by atoms with Crippen molar-refractivity contribution < 1.29 is 13.7 Å². The van der Waals surface area contributed by atoms with Gasteiger partial charge in [0.15, 0.2) is 0 Å². The largest absolute Gasteiger partial charge is 0.339 e. The summed E-state index contributed by atoms with van der Waals surface area (Å²) in [5, 5.41) is 7.18. The zero-order valence-electron chi connectivity index (χ0n) is 19.3. The molecule has 2 aromatic carbocycles. The molecule has 1 fully saturated rings. The molecule has 1 aliphatic rings. The number of hydrogen-bond acceptors (Lipinski definition) is 7. The Morgan fingerprint density at radius 2 is 1.83 bits per heavy atom. The van der Waals surface area contributed by atoms with Crippen molar-refractivity contribution in [2.24, 2.45) is 0 Å². The molecule has 4 aromatic rings. The molecule has 1 saturated heterocycles. The molecule has 0 radical (unpaired) electrons. The second kappa shape index (κ2) is 10.0. The number of nitrogens with one attached hydrogen (secondary N) is 1. The lowest BCUT2D eigenvalue weighted by atomic mass is 10.1. The number of carbonyl (C=O) groups is 1. The summed E-state index contributed by atoms with van der Waals surface area (Å²) >= 11 is 0. The first-order valence-electron chi connectivity index (χ1n) is 11.5. The van der Waals surface area contributed by atoms with E-state index in [1.807, 2.05) is 37.3 Å². The van der Waals surface area contributed by atoms with Crippen LogP contribution in [-0.2, 0) is 0 Å². The highest BCUT2D eigenvalue weighted by atomic mass is 19.1. The molecule has 1 unspecified atom stereocenters. The molecule has 0 spiro atoms. The normalized spacial score (nSPS) is 15.1. The number of aromatic nitrogens is 3. The van der Waals surface area contributed by atoms with E-state index in [4.69, 9.17) is 4.52 Å². The van der Waals surface area contributed by atoms with Gasteiger partial charge in [-0.3, -0.25) is 9.69 Å². The average Bonchev–Trinajstić information content (AvgIpc) is 3.39. The molecule has 5 rings (SSSR count). The molecule has 3 heterocycles. The predicted molar refractivity (Wildman–Crippen MR) is 130 cm³/mol. The highest BCUT2D eigenvalue weighted by molar-refractivity contribution is 5.99. The van der Waals surface area contributed by atoms with Crippen LogP contribution in [0.1, 0.15) is 29.2 Å². The van der Waals surface area contributed by atoms with E-state index < -0.39 is 0 Å². The van der Waals surface area contributed by atoms with Crippen molar-refractivity contribution in [2.75, 3.05) is 31.5 Å². The molecule has 1 N–H and O–H groups in total. The number of rotatable bonds is 6. The van der Waals surface area contributed by atoms with E-state index in [2.05, 4.69) is 25.3 Å². The number of halogens is 1. The molecule has 2 aromatic heterocycles. The zero-order chi connectivity index (χ0) is 24.2. The molecule has 8 nitrogen and oxygen atoms in total. The van der Waals surface area contributed by atoms with Crippen molar-refractivity contribution in [3.63, 3.8) is 0 Å². The zero-order valence-corrected chi connectivity index (χ0v) is 19.3. The van der Waals surface area contributed by atoms with Crippen molar-refractivity contribution in [2.45, 2.75) is 13.0 Å². The van der Waals surface area contributed by atoms with Gasteiger partial charge in [0.1, 0.15) is 11.6 Å².